The molecule has 1 rings (SSSR count). The number of benzene rings is 1. The highest BCUT2D eigenvalue weighted by molar-refractivity contribution is 6.73. The molecule has 0 saturated heterocycles. The first kappa shape index (κ1) is 12.6. The molecule has 82 valence electrons. The lowest BCUT2D eigenvalue weighted by Gasteiger charge is -2.10. The summed E-state index contributed by atoms with van der Waals surface area (Å²) in [6.07, 6.45) is -4.21. The fourth-order valence-electron chi connectivity index (χ4n) is 1.70. The lowest BCUT2D eigenvalue weighted by Crippen LogP contribution is -2.28. The van der Waals surface area contributed by atoms with Crippen LogP contribution in [0.2, 0.25) is 10.6 Å². The third-order valence-corrected chi connectivity index (χ3v) is 5.99. The van der Waals surface area contributed by atoms with E-state index in [2.05, 4.69) is 13.8 Å². The van der Waals surface area contributed by atoms with E-state index in [-0.39, 0.29) is 0 Å². The van der Waals surface area contributed by atoms with Gasteiger partial charge in [-0.25, -0.2) is 0 Å². The largest absolute Gasteiger partial charge is 0.416 e. The summed E-state index contributed by atoms with van der Waals surface area (Å²) in [5, 5.41) is 2.20. The molecule has 0 aliphatic rings. The summed E-state index contributed by atoms with van der Waals surface area (Å²) < 4.78 is 38.0. The summed E-state index contributed by atoms with van der Waals surface area (Å²) in [5.41, 5.74) is -0.550. The molecular weight excluding hydrogens is 216 g/mol. The van der Waals surface area contributed by atoms with Gasteiger partial charge in [-0.05, 0) is 0 Å². The van der Waals surface area contributed by atoms with Crippen molar-refractivity contribution in [1.29, 1.82) is 0 Å². The first-order valence-electron chi connectivity index (χ1n) is 5.16. The molecule has 0 fully saturated rings. The molecule has 0 unspecified atom stereocenters. The molecule has 1 aromatic carbocycles. The van der Waals surface area contributed by atoms with E-state index in [4.69, 9.17) is 0 Å². The van der Waals surface area contributed by atoms with Crippen molar-refractivity contribution >= 4 is 18.6 Å². The SMILES string of the molecule is C[CH2][Al]([CH2]C)[c]1ccc(C(F)(F)F)cc1. The predicted octanol–water partition coefficient (Wildman–Crippen LogP) is 3.45. The molecule has 0 bridgehead atoms. The van der Waals surface area contributed by atoms with Crippen LogP contribution in [0.25, 0.3) is 0 Å². The topological polar surface area (TPSA) is 0 Å². The van der Waals surface area contributed by atoms with Crippen LogP contribution in [-0.4, -0.2) is 14.1 Å². The fraction of sp³-hybridized carbons (Fsp3) is 0.455. The third kappa shape index (κ3) is 3.26. The monoisotopic (exact) mass is 230 g/mol. The van der Waals surface area contributed by atoms with Crippen molar-refractivity contribution in [2.75, 3.05) is 0 Å². The van der Waals surface area contributed by atoms with Crippen LogP contribution in [0, 0.1) is 0 Å². The zero-order valence-electron chi connectivity index (χ0n) is 8.93. The Morgan fingerprint density at radius 1 is 1.00 bits per heavy atom. The van der Waals surface area contributed by atoms with Gasteiger partial charge in [0.05, 0.1) is 5.56 Å². The highest BCUT2D eigenvalue weighted by Gasteiger charge is 2.30. The van der Waals surface area contributed by atoms with E-state index in [1.54, 1.807) is 12.1 Å². The molecular formula is C11H14AlF3. The quantitative estimate of drug-likeness (QED) is 0.698. The zero-order chi connectivity index (χ0) is 11.5. The number of rotatable bonds is 3. The predicted molar refractivity (Wildman–Crippen MR) is 57.8 cm³/mol. The molecule has 0 aromatic heterocycles. The Bertz CT molecular complexity index is 299. The molecule has 15 heavy (non-hydrogen) atoms. The number of alkyl halides is 3. The van der Waals surface area contributed by atoms with E-state index in [0.717, 1.165) is 15.0 Å². The van der Waals surface area contributed by atoms with Crippen LogP contribution in [0.5, 0.6) is 0 Å². The number of hydrogen-bond donors (Lipinski definition) is 0. The average molecular weight is 230 g/mol. The van der Waals surface area contributed by atoms with E-state index >= 15 is 0 Å². The van der Waals surface area contributed by atoms with Gasteiger partial charge in [0, 0.05) is 0 Å². The summed E-state index contributed by atoms with van der Waals surface area (Å²) in [6, 6.07) is 5.68. The maximum absolute atomic E-state index is 12.3. The molecule has 0 heterocycles. The zero-order valence-corrected chi connectivity index (χ0v) is 10.1. The number of halogens is 3. The first-order valence-corrected chi connectivity index (χ1v) is 7.37. The van der Waals surface area contributed by atoms with E-state index in [9.17, 15) is 13.2 Å². The van der Waals surface area contributed by atoms with E-state index < -0.39 is 25.9 Å². The minimum atomic E-state index is -4.21. The van der Waals surface area contributed by atoms with Crippen LogP contribution in [0.4, 0.5) is 13.2 Å². The molecule has 0 N–H and O–H groups in total. The third-order valence-electron chi connectivity index (χ3n) is 2.70. The van der Waals surface area contributed by atoms with Crippen molar-refractivity contribution < 1.29 is 13.2 Å². The van der Waals surface area contributed by atoms with Crippen molar-refractivity contribution in [1.82, 2.24) is 0 Å². The normalized spacial score (nSPS) is 11.5. The Morgan fingerprint density at radius 2 is 1.47 bits per heavy atom. The Kier molecular flexibility index (Phi) is 4.24. The van der Waals surface area contributed by atoms with Gasteiger partial charge in [-0.2, -0.15) is 13.2 Å². The van der Waals surface area contributed by atoms with Crippen molar-refractivity contribution in [3.05, 3.63) is 29.8 Å². The van der Waals surface area contributed by atoms with E-state index in [1.165, 1.54) is 12.1 Å². The van der Waals surface area contributed by atoms with Gasteiger partial charge < -0.3 is 0 Å². The maximum atomic E-state index is 12.3. The van der Waals surface area contributed by atoms with Crippen LogP contribution < -0.4 is 4.43 Å². The van der Waals surface area contributed by atoms with Gasteiger partial charge in [0.15, 0.2) is 0 Å². The van der Waals surface area contributed by atoms with Crippen LogP contribution in [0.15, 0.2) is 24.3 Å². The molecule has 0 radical (unpaired) electrons. The standard InChI is InChI=1S/C7H4F3.2C2H5.Al/c8-7(9,10)6-4-2-1-3-5-6;2*1-2;/h2-5H;2*1H2,2H3;. The fourth-order valence-corrected chi connectivity index (χ4v) is 3.96. The molecule has 4 heteroatoms. The highest BCUT2D eigenvalue weighted by atomic mass is 27.2. The maximum Gasteiger partial charge on any atom is 0.416 e. The lowest BCUT2D eigenvalue weighted by atomic mass is 10.2. The Balaban J connectivity index is 2.89. The lowest BCUT2D eigenvalue weighted by molar-refractivity contribution is -0.137. The van der Waals surface area contributed by atoms with Crippen molar-refractivity contribution in [2.24, 2.45) is 0 Å². The molecule has 0 aliphatic carbocycles. The van der Waals surface area contributed by atoms with Crippen molar-refractivity contribution in [2.45, 2.75) is 30.6 Å². The van der Waals surface area contributed by atoms with Gasteiger partial charge in [-0.1, -0.05) is 48.7 Å². The van der Waals surface area contributed by atoms with Gasteiger partial charge in [0.1, 0.15) is 0 Å². The van der Waals surface area contributed by atoms with E-state index in [0.29, 0.717) is 0 Å². The summed E-state index contributed by atoms with van der Waals surface area (Å²) in [6.45, 7) is 4.22. The summed E-state index contributed by atoms with van der Waals surface area (Å²) in [4.78, 5) is 0. The molecule has 0 saturated carbocycles. The smallest absolute Gasteiger partial charge is 0.166 e. The molecule has 0 atom stereocenters. The Morgan fingerprint density at radius 3 is 1.80 bits per heavy atom. The summed E-state index contributed by atoms with van der Waals surface area (Å²) in [5.74, 6) is 0. The van der Waals surface area contributed by atoms with Gasteiger partial charge >= 0.3 is 20.3 Å². The van der Waals surface area contributed by atoms with Gasteiger partial charge in [0.2, 0.25) is 0 Å². The molecule has 0 spiro atoms. The van der Waals surface area contributed by atoms with Gasteiger partial charge in [-0.15, -0.1) is 4.43 Å². The Hall–Kier alpha value is -0.458. The van der Waals surface area contributed by atoms with Crippen molar-refractivity contribution in [3.8, 4) is 0 Å². The minimum absolute atomic E-state index is 0.550. The van der Waals surface area contributed by atoms with Crippen LogP contribution in [-0.2, 0) is 6.18 Å². The summed E-state index contributed by atoms with van der Waals surface area (Å²) in [7, 11) is 0. The van der Waals surface area contributed by atoms with Gasteiger partial charge in [-0.3, -0.25) is 0 Å². The summed E-state index contributed by atoms with van der Waals surface area (Å²) >= 11 is -0.992. The van der Waals surface area contributed by atoms with E-state index in [1.807, 2.05) is 0 Å². The first-order chi connectivity index (χ1) is 6.99. The second-order valence-electron chi connectivity index (χ2n) is 3.63. The second kappa shape index (κ2) is 5.05. The van der Waals surface area contributed by atoms with Crippen LogP contribution >= 0.6 is 0 Å². The number of hydrogen-bond acceptors (Lipinski definition) is 0. The average Bonchev–Trinajstić information content (AvgIpc) is 2.19. The van der Waals surface area contributed by atoms with Gasteiger partial charge in [0.25, 0.3) is 0 Å². The molecule has 1 aromatic rings. The highest BCUT2D eigenvalue weighted by Crippen LogP contribution is 2.28. The Labute approximate surface area is 92.5 Å². The van der Waals surface area contributed by atoms with Crippen LogP contribution in [0.3, 0.4) is 0 Å². The van der Waals surface area contributed by atoms with Crippen molar-refractivity contribution in [3.63, 3.8) is 0 Å². The molecule has 0 aliphatic heterocycles. The molecule has 0 amide bonds. The molecule has 0 nitrogen and oxygen atoms in total. The van der Waals surface area contributed by atoms with Crippen LogP contribution in [0.1, 0.15) is 19.4 Å². The second-order valence-corrected chi connectivity index (χ2v) is 7.33. The minimum Gasteiger partial charge on any atom is -0.166 e.